The van der Waals surface area contributed by atoms with Gasteiger partial charge in [-0.3, -0.25) is 4.79 Å². The van der Waals surface area contributed by atoms with E-state index in [1.54, 1.807) is 6.07 Å². The standard InChI is InChI=1S/C19H18F3NO4/c1-27-11-12-7-14(18(25)26)9-15(8-12)23-17(24)10-16(19(20,21)22)13-5-3-2-4-6-13/h2-9,16H,10-11H2,1H3,(H,23,24)(H,25,26). The molecule has 0 spiro atoms. The highest BCUT2D eigenvalue weighted by molar-refractivity contribution is 5.94. The Bertz CT molecular complexity index is 806. The monoisotopic (exact) mass is 381 g/mol. The summed E-state index contributed by atoms with van der Waals surface area (Å²) >= 11 is 0. The van der Waals surface area contributed by atoms with Gasteiger partial charge >= 0.3 is 12.1 Å². The summed E-state index contributed by atoms with van der Waals surface area (Å²) in [6.45, 7) is 0.0964. The van der Waals surface area contributed by atoms with Crippen LogP contribution in [0.15, 0.2) is 48.5 Å². The Morgan fingerprint density at radius 3 is 2.37 bits per heavy atom. The van der Waals surface area contributed by atoms with Crippen LogP contribution in [0.3, 0.4) is 0 Å². The van der Waals surface area contributed by atoms with Crippen LogP contribution in [-0.4, -0.2) is 30.3 Å². The molecule has 2 aromatic carbocycles. The summed E-state index contributed by atoms with van der Waals surface area (Å²) in [7, 11) is 1.42. The number of carbonyl (C=O) groups is 2. The van der Waals surface area contributed by atoms with Gasteiger partial charge in [-0.05, 0) is 29.3 Å². The van der Waals surface area contributed by atoms with Gasteiger partial charge in [0.2, 0.25) is 5.91 Å². The van der Waals surface area contributed by atoms with E-state index in [0.717, 1.165) is 0 Å². The van der Waals surface area contributed by atoms with Crippen molar-refractivity contribution in [2.24, 2.45) is 0 Å². The van der Waals surface area contributed by atoms with Crippen molar-refractivity contribution < 1.29 is 32.6 Å². The Hall–Kier alpha value is -2.87. The van der Waals surface area contributed by atoms with Crippen molar-refractivity contribution in [3.05, 3.63) is 65.2 Å². The second kappa shape index (κ2) is 8.68. The summed E-state index contributed by atoms with van der Waals surface area (Å²) in [5.74, 6) is -4.05. The van der Waals surface area contributed by atoms with Crippen molar-refractivity contribution in [1.82, 2.24) is 0 Å². The number of alkyl halides is 3. The van der Waals surface area contributed by atoms with Crippen LogP contribution in [0.4, 0.5) is 18.9 Å². The molecule has 0 aromatic heterocycles. The fourth-order valence-corrected chi connectivity index (χ4v) is 2.64. The fourth-order valence-electron chi connectivity index (χ4n) is 2.64. The van der Waals surface area contributed by atoms with Gasteiger partial charge in [0.15, 0.2) is 0 Å². The topological polar surface area (TPSA) is 75.6 Å². The third-order valence-electron chi connectivity index (χ3n) is 3.82. The van der Waals surface area contributed by atoms with E-state index in [0.29, 0.717) is 5.56 Å². The second-order valence-electron chi connectivity index (χ2n) is 5.91. The van der Waals surface area contributed by atoms with Crippen molar-refractivity contribution in [1.29, 1.82) is 0 Å². The van der Waals surface area contributed by atoms with Crippen LogP contribution < -0.4 is 5.32 Å². The molecule has 5 nitrogen and oxygen atoms in total. The van der Waals surface area contributed by atoms with Crippen molar-refractivity contribution in [3.63, 3.8) is 0 Å². The highest BCUT2D eigenvalue weighted by Crippen LogP contribution is 2.37. The number of aromatic carboxylic acids is 1. The summed E-state index contributed by atoms with van der Waals surface area (Å²) in [6, 6.07) is 11.2. The second-order valence-corrected chi connectivity index (χ2v) is 5.91. The predicted molar refractivity (Wildman–Crippen MR) is 92.6 cm³/mol. The highest BCUT2D eigenvalue weighted by Gasteiger charge is 2.41. The summed E-state index contributed by atoms with van der Waals surface area (Å²) < 4.78 is 45.0. The number of methoxy groups -OCH3 is 1. The number of ether oxygens (including phenoxy) is 1. The largest absolute Gasteiger partial charge is 0.478 e. The minimum absolute atomic E-state index is 0.0143. The Morgan fingerprint density at radius 1 is 1.15 bits per heavy atom. The molecule has 0 fully saturated rings. The lowest BCUT2D eigenvalue weighted by Crippen LogP contribution is -2.26. The Balaban J connectivity index is 2.21. The van der Waals surface area contributed by atoms with Crippen LogP contribution in [-0.2, 0) is 16.1 Å². The molecule has 1 unspecified atom stereocenters. The average Bonchev–Trinajstić information content (AvgIpc) is 2.59. The number of anilines is 1. The number of carbonyl (C=O) groups excluding carboxylic acids is 1. The number of nitrogens with one attached hydrogen (secondary N) is 1. The van der Waals surface area contributed by atoms with Gasteiger partial charge in [-0.1, -0.05) is 30.3 Å². The van der Waals surface area contributed by atoms with Crippen LogP contribution in [0.1, 0.15) is 33.8 Å². The molecule has 0 saturated heterocycles. The minimum Gasteiger partial charge on any atom is -0.478 e. The predicted octanol–water partition coefficient (Wildman–Crippen LogP) is 4.21. The quantitative estimate of drug-likeness (QED) is 0.754. The number of hydrogen-bond acceptors (Lipinski definition) is 3. The number of benzene rings is 2. The maximum atomic E-state index is 13.4. The average molecular weight is 381 g/mol. The van der Waals surface area contributed by atoms with Crippen LogP contribution in [0.2, 0.25) is 0 Å². The molecule has 0 aliphatic carbocycles. The number of carboxylic acids is 1. The van der Waals surface area contributed by atoms with E-state index in [4.69, 9.17) is 9.84 Å². The van der Waals surface area contributed by atoms with Crippen molar-refractivity contribution in [2.45, 2.75) is 25.1 Å². The van der Waals surface area contributed by atoms with E-state index in [1.165, 1.54) is 49.6 Å². The molecule has 2 N–H and O–H groups in total. The maximum Gasteiger partial charge on any atom is 0.396 e. The minimum atomic E-state index is -4.59. The van der Waals surface area contributed by atoms with E-state index < -0.39 is 30.4 Å². The SMILES string of the molecule is COCc1cc(NC(=O)CC(c2ccccc2)C(F)(F)F)cc(C(=O)O)c1. The first-order chi connectivity index (χ1) is 12.7. The van der Waals surface area contributed by atoms with E-state index in [9.17, 15) is 22.8 Å². The van der Waals surface area contributed by atoms with Crippen molar-refractivity contribution >= 4 is 17.6 Å². The van der Waals surface area contributed by atoms with Crippen LogP contribution in [0.5, 0.6) is 0 Å². The number of hydrogen-bond donors (Lipinski definition) is 2. The number of rotatable bonds is 7. The number of carboxylic acid groups (broad SMARTS) is 1. The molecule has 1 amide bonds. The Morgan fingerprint density at radius 2 is 1.81 bits per heavy atom. The Labute approximate surface area is 153 Å². The van der Waals surface area contributed by atoms with Crippen LogP contribution in [0.25, 0.3) is 0 Å². The molecule has 1 atom stereocenters. The summed E-state index contributed by atoms with van der Waals surface area (Å²) in [6.07, 6.45) is -5.41. The lowest BCUT2D eigenvalue weighted by molar-refractivity contribution is -0.155. The van der Waals surface area contributed by atoms with Gasteiger partial charge in [-0.2, -0.15) is 13.2 Å². The van der Waals surface area contributed by atoms with Crippen LogP contribution >= 0.6 is 0 Å². The first-order valence-corrected chi connectivity index (χ1v) is 7.98. The van der Waals surface area contributed by atoms with E-state index >= 15 is 0 Å². The summed E-state index contributed by atoms with van der Waals surface area (Å²) in [5.41, 5.74) is 0.457. The first kappa shape index (κ1) is 20.4. The zero-order chi connectivity index (χ0) is 20.0. The maximum absolute atomic E-state index is 13.4. The molecule has 0 aliphatic heterocycles. The molecule has 27 heavy (non-hydrogen) atoms. The van der Waals surface area contributed by atoms with Gasteiger partial charge in [-0.25, -0.2) is 4.79 Å². The Kier molecular flexibility index (Phi) is 6.57. The van der Waals surface area contributed by atoms with Gasteiger partial charge in [-0.15, -0.1) is 0 Å². The summed E-state index contributed by atoms with van der Waals surface area (Å²) in [4.78, 5) is 23.4. The summed E-state index contributed by atoms with van der Waals surface area (Å²) in [5, 5.41) is 11.5. The molecule has 0 aliphatic rings. The molecule has 2 rings (SSSR count). The van der Waals surface area contributed by atoms with Gasteiger partial charge in [0, 0.05) is 19.2 Å². The molecule has 144 valence electrons. The molecular weight excluding hydrogens is 363 g/mol. The van der Waals surface area contributed by atoms with Gasteiger partial charge in [0.25, 0.3) is 0 Å². The third kappa shape index (κ3) is 5.82. The highest BCUT2D eigenvalue weighted by atomic mass is 19.4. The molecule has 0 bridgehead atoms. The van der Waals surface area contributed by atoms with Gasteiger partial charge in [0.05, 0.1) is 18.1 Å². The number of halogens is 3. The van der Waals surface area contributed by atoms with Gasteiger partial charge in [0.1, 0.15) is 0 Å². The van der Waals surface area contributed by atoms with Gasteiger partial charge < -0.3 is 15.2 Å². The third-order valence-corrected chi connectivity index (χ3v) is 3.82. The molecule has 0 radical (unpaired) electrons. The number of amides is 1. The van der Waals surface area contributed by atoms with Crippen molar-refractivity contribution in [2.75, 3.05) is 12.4 Å². The first-order valence-electron chi connectivity index (χ1n) is 7.98. The normalized spacial score (nSPS) is 12.4. The smallest absolute Gasteiger partial charge is 0.396 e. The zero-order valence-electron chi connectivity index (χ0n) is 14.4. The molecule has 8 heteroatoms. The lowest BCUT2D eigenvalue weighted by atomic mass is 9.94. The molecule has 0 heterocycles. The zero-order valence-corrected chi connectivity index (χ0v) is 14.4. The van der Waals surface area contributed by atoms with E-state index in [1.807, 2.05) is 0 Å². The van der Waals surface area contributed by atoms with E-state index in [-0.39, 0.29) is 23.4 Å². The molecule has 0 saturated carbocycles. The van der Waals surface area contributed by atoms with Crippen molar-refractivity contribution in [3.8, 4) is 0 Å². The lowest BCUT2D eigenvalue weighted by Gasteiger charge is -2.20. The van der Waals surface area contributed by atoms with E-state index in [2.05, 4.69) is 5.32 Å². The molecule has 2 aromatic rings. The van der Waals surface area contributed by atoms with Crippen LogP contribution in [0, 0.1) is 0 Å². The fraction of sp³-hybridized carbons (Fsp3) is 0.263. The molecular formula is C19H18F3NO4.